The average molecular weight is 265 g/mol. The smallest absolute Gasteiger partial charge is 0.374 e. The first-order chi connectivity index (χ1) is 9.16. The van der Waals surface area contributed by atoms with Crippen LogP contribution < -0.4 is 9.47 Å². The van der Waals surface area contributed by atoms with Gasteiger partial charge < -0.3 is 19.1 Å². The van der Waals surface area contributed by atoms with Crippen LogP contribution in [0, 0.1) is 5.82 Å². The van der Waals surface area contributed by atoms with E-state index in [1.807, 2.05) is 0 Å². The Hall–Kier alpha value is -2.57. The molecule has 7 heteroatoms. The minimum absolute atomic E-state index is 0.00336. The van der Waals surface area contributed by atoms with Gasteiger partial charge in [0.05, 0.1) is 0 Å². The normalized spacial score (nSPS) is 13.3. The van der Waals surface area contributed by atoms with Crippen LogP contribution in [0.4, 0.5) is 4.39 Å². The standard InChI is InChI=1S/C12H8FNO5/c13-7-2-1-6(10-11(7)18-4-3-17-10)8-5-9(12(15)16)19-14-8/h1-2,5H,3-4H2,(H,15,16). The second-order valence-corrected chi connectivity index (χ2v) is 3.83. The maximum atomic E-state index is 13.6. The average Bonchev–Trinajstić information content (AvgIpc) is 2.89. The van der Waals surface area contributed by atoms with E-state index in [-0.39, 0.29) is 36.2 Å². The zero-order valence-corrected chi connectivity index (χ0v) is 9.55. The number of aromatic carboxylic acids is 1. The van der Waals surface area contributed by atoms with Crippen LogP contribution in [-0.2, 0) is 0 Å². The fraction of sp³-hybridized carbons (Fsp3) is 0.167. The quantitative estimate of drug-likeness (QED) is 0.893. The first-order valence-corrected chi connectivity index (χ1v) is 5.45. The van der Waals surface area contributed by atoms with E-state index in [1.54, 1.807) is 0 Å². The molecule has 0 fully saturated rings. The Morgan fingerprint density at radius 3 is 2.68 bits per heavy atom. The van der Waals surface area contributed by atoms with E-state index in [9.17, 15) is 9.18 Å². The van der Waals surface area contributed by atoms with Crippen molar-refractivity contribution >= 4 is 5.97 Å². The Kier molecular flexibility index (Phi) is 2.59. The third kappa shape index (κ3) is 1.88. The van der Waals surface area contributed by atoms with Crippen molar-refractivity contribution in [3.63, 3.8) is 0 Å². The van der Waals surface area contributed by atoms with E-state index < -0.39 is 11.8 Å². The van der Waals surface area contributed by atoms with Crippen molar-refractivity contribution in [2.45, 2.75) is 0 Å². The van der Waals surface area contributed by atoms with Gasteiger partial charge in [-0.05, 0) is 12.1 Å². The van der Waals surface area contributed by atoms with Crippen molar-refractivity contribution in [2.75, 3.05) is 13.2 Å². The van der Waals surface area contributed by atoms with E-state index >= 15 is 0 Å². The summed E-state index contributed by atoms with van der Waals surface area (Å²) in [6.07, 6.45) is 0. The number of carboxylic acids is 1. The van der Waals surface area contributed by atoms with Crippen LogP contribution in [-0.4, -0.2) is 29.4 Å². The zero-order chi connectivity index (χ0) is 13.4. The van der Waals surface area contributed by atoms with Gasteiger partial charge in [0.1, 0.15) is 18.9 Å². The van der Waals surface area contributed by atoms with Gasteiger partial charge >= 0.3 is 5.97 Å². The Labute approximate surface area is 106 Å². The summed E-state index contributed by atoms with van der Waals surface area (Å²) in [7, 11) is 0. The molecule has 6 nitrogen and oxygen atoms in total. The van der Waals surface area contributed by atoms with Crippen LogP contribution in [0.5, 0.6) is 11.5 Å². The maximum Gasteiger partial charge on any atom is 0.374 e. The van der Waals surface area contributed by atoms with E-state index in [1.165, 1.54) is 18.2 Å². The van der Waals surface area contributed by atoms with Crippen LogP contribution in [0.2, 0.25) is 0 Å². The molecule has 19 heavy (non-hydrogen) atoms. The molecule has 0 saturated carbocycles. The largest absolute Gasteiger partial charge is 0.485 e. The van der Waals surface area contributed by atoms with Gasteiger partial charge in [-0.3, -0.25) is 0 Å². The summed E-state index contributed by atoms with van der Waals surface area (Å²) >= 11 is 0. The molecule has 0 spiro atoms. The monoisotopic (exact) mass is 265 g/mol. The molecule has 1 aromatic carbocycles. The second kappa shape index (κ2) is 4.27. The number of aromatic nitrogens is 1. The van der Waals surface area contributed by atoms with Gasteiger partial charge in [0.25, 0.3) is 0 Å². The lowest BCUT2D eigenvalue weighted by Gasteiger charge is -2.20. The Morgan fingerprint density at radius 1 is 1.26 bits per heavy atom. The van der Waals surface area contributed by atoms with E-state index in [0.717, 1.165) is 0 Å². The molecule has 98 valence electrons. The summed E-state index contributed by atoms with van der Waals surface area (Å²) < 4.78 is 28.8. The van der Waals surface area contributed by atoms with Crippen molar-refractivity contribution < 1.29 is 28.3 Å². The first kappa shape index (κ1) is 11.5. The molecule has 1 N–H and O–H groups in total. The van der Waals surface area contributed by atoms with E-state index in [2.05, 4.69) is 9.68 Å². The Morgan fingerprint density at radius 2 is 2.00 bits per heavy atom. The maximum absolute atomic E-state index is 13.6. The van der Waals surface area contributed by atoms with Crippen LogP contribution in [0.1, 0.15) is 10.6 Å². The summed E-state index contributed by atoms with van der Waals surface area (Å²) in [4.78, 5) is 10.7. The molecule has 0 unspecified atom stereocenters. The molecule has 2 heterocycles. The van der Waals surface area contributed by atoms with Crippen LogP contribution in [0.3, 0.4) is 0 Å². The molecule has 3 rings (SSSR count). The second-order valence-electron chi connectivity index (χ2n) is 3.83. The number of ether oxygens (including phenoxy) is 2. The molecule has 0 aliphatic carbocycles. The summed E-state index contributed by atoms with van der Waals surface area (Å²) in [5.74, 6) is -1.86. The summed E-state index contributed by atoms with van der Waals surface area (Å²) in [6.45, 7) is 0.541. The molecule has 0 radical (unpaired) electrons. The third-order valence-corrected chi connectivity index (χ3v) is 2.64. The molecule has 1 aromatic heterocycles. The highest BCUT2D eigenvalue weighted by Gasteiger charge is 2.23. The van der Waals surface area contributed by atoms with Crippen LogP contribution in [0.25, 0.3) is 11.3 Å². The Bertz CT molecular complexity index is 652. The summed E-state index contributed by atoms with van der Waals surface area (Å²) in [6, 6.07) is 3.89. The fourth-order valence-electron chi connectivity index (χ4n) is 1.81. The third-order valence-electron chi connectivity index (χ3n) is 2.64. The molecule has 2 aromatic rings. The van der Waals surface area contributed by atoms with Crippen molar-refractivity contribution in [3.8, 4) is 22.8 Å². The van der Waals surface area contributed by atoms with Crippen molar-refractivity contribution in [1.82, 2.24) is 5.16 Å². The van der Waals surface area contributed by atoms with Gasteiger partial charge in [0.2, 0.25) is 5.76 Å². The molecule has 0 amide bonds. The number of hydrogen-bond donors (Lipinski definition) is 1. The number of fused-ring (bicyclic) bond motifs is 1. The van der Waals surface area contributed by atoms with Gasteiger partial charge in [-0.25, -0.2) is 9.18 Å². The number of rotatable bonds is 2. The van der Waals surface area contributed by atoms with Gasteiger partial charge in [-0.1, -0.05) is 5.16 Å². The van der Waals surface area contributed by atoms with Crippen LogP contribution >= 0.6 is 0 Å². The van der Waals surface area contributed by atoms with Gasteiger partial charge in [-0.15, -0.1) is 0 Å². The topological polar surface area (TPSA) is 81.8 Å². The minimum atomic E-state index is -1.23. The van der Waals surface area contributed by atoms with E-state index in [4.69, 9.17) is 14.6 Å². The molecule has 1 aliphatic heterocycles. The highest BCUT2D eigenvalue weighted by Crippen LogP contribution is 2.41. The number of carbonyl (C=O) groups is 1. The molecular weight excluding hydrogens is 257 g/mol. The van der Waals surface area contributed by atoms with E-state index in [0.29, 0.717) is 5.56 Å². The number of benzene rings is 1. The number of carboxylic acid groups (broad SMARTS) is 1. The highest BCUT2D eigenvalue weighted by atomic mass is 19.1. The van der Waals surface area contributed by atoms with Gasteiger partial charge in [-0.2, -0.15) is 0 Å². The number of nitrogens with zero attached hydrogens (tertiary/aromatic N) is 1. The Balaban J connectivity index is 2.11. The molecule has 0 bridgehead atoms. The number of hydrogen-bond acceptors (Lipinski definition) is 5. The molecule has 1 aliphatic rings. The van der Waals surface area contributed by atoms with Gasteiger partial charge in [0.15, 0.2) is 17.3 Å². The fourth-order valence-corrected chi connectivity index (χ4v) is 1.81. The first-order valence-electron chi connectivity index (χ1n) is 5.45. The lowest BCUT2D eigenvalue weighted by atomic mass is 10.1. The van der Waals surface area contributed by atoms with Crippen molar-refractivity contribution in [3.05, 3.63) is 29.8 Å². The van der Waals surface area contributed by atoms with Gasteiger partial charge in [0, 0.05) is 11.6 Å². The highest BCUT2D eigenvalue weighted by molar-refractivity contribution is 5.86. The SMILES string of the molecule is O=C(O)c1cc(-c2ccc(F)c3c2OCCO3)no1. The molecule has 0 atom stereocenters. The summed E-state index contributed by atoms with van der Waals surface area (Å²) in [5, 5.41) is 12.4. The zero-order valence-electron chi connectivity index (χ0n) is 9.55. The number of halogens is 1. The van der Waals surface area contributed by atoms with Crippen LogP contribution in [0.15, 0.2) is 22.7 Å². The summed E-state index contributed by atoms with van der Waals surface area (Å²) in [5.41, 5.74) is 0.673. The molecular formula is C12H8FNO5. The lowest BCUT2D eigenvalue weighted by Crippen LogP contribution is -2.17. The lowest BCUT2D eigenvalue weighted by molar-refractivity contribution is 0.0652. The van der Waals surface area contributed by atoms with Crippen molar-refractivity contribution in [2.24, 2.45) is 0 Å². The minimum Gasteiger partial charge on any atom is -0.485 e. The molecule has 0 saturated heterocycles. The predicted octanol–water partition coefficient (Wildman–Crippen LogP) is 1.95. The predicted molar refractivity (Wildman–Crippen MR) is 59.8 cm³/mol. The van der Waals surface area contributed by atoms with Crippen molar-refractivity contribution in [1.29, 1.82) is 0 Å².